The largest absolute Gasteiger partial charge is 0.465 e. The lowest BCUT2D eigenvalue weighted by Crippen LogP contribution is -2.37. The summed E-state index contributed by atoms with van der Waals surface area (Å²) in [5.74, 6) is -0.283. The number of methoxy groups -OCH3 is 1. The summed E-state index contributed by atoms with van der Waals surface area (Å²) in [4.78, 5) is 13.9. The van der Waals surface area contributed by atoms with E-state index in [1.165, 1.54) is 32.1 Å². The van der Waals surface area contributed by atoms with Crippen molar-refractivity contribution in [3.8, 4) is 0 Å². The third kappa shape index (κ3) is 3.81. The van der Waals surface area contributed by atoms with Crippen LogP contribution in [0, 0.1) is 0 Å². The van der Waals surface area contributed by atoms with Crippen LogP contribution in [0.25, 0.3) is 0 Å². The Bertz CT molecular complexity index is 431. The van der Waals surface area contributed by atoms with Crippen LogP contribution < -0.4 is 5.32 Å². The summed E-state index contributed by atoms with van der Waals surface area (Å²) in [6.45, 7) is 6.48. The number of likely N-dealkylation sites (N-methyl/N-ethyl adjacent to an activating group) is 1. The van der Waals surface area contributed by atoms with E-state index < -0.39 is 0 Å². The molecule has 1 N–H and O–H groups in total. The Morgan fingerprint density at radius 3 is 2.80 bits per heavy atom. The number of benzene rings is 1. The molecule has 0 bridgehead atoms. The maximum atomic E-state index is 11.3. The normalized spacial score (nSPS) is 19.2. The Labute approximate surface area is 121 Å². The zero-order valence-electron chi connectivity index (χ0n) is 12.4. The molecular weight excluding hydrogens is 252 g/mol. The fourth-order valence-electron chi connectivity index (χ4n) is 2.80. The molecule has 0 amide bonds. The van der Waals surface area contributed by atoms with Gasteiger partial charge in [-0.3, -0.25) is 4.90 Å². The Morgan fingerprint density at radius 2 is 2.15 bits per heavy atom. The molecule has 1 aliphatic heterocycles. The maximum Gasteiger partial charge on any atom is 0.337 e. The van der Waals surface area contributed by atoms with Crippen LogP contribution in [0.1, 0.15) is 35.7 Å². The van der Waals surface area contributed by atoms with Crippen molar-refractivity contribution in [2.45, 2.75) is 32.4 Å². The number of nitrogens with zero attached hydrogens (tertiary/aromatic N) is 1. The molecule has 1 unspecified atom stereocenters. The first-order chi connectivity index (χ1) is 9.74. The SMILES string of the molecule is CCN1CCCC1CNCc1ccc(C(=O)OC)cc1. The van der Waals surface area contributed by atoms with Crippen LogP contribution in [-0.2, 0) is 11.3 Å². The second-order valence-electron chi connectivity index (χ2n) is 5.24. The first-order valence-corrected chi connectivity index (χ1v) is 7.36. The molecule has 4 nitrogen and oxygen atoms in total. The number of ether oxygens (including phenoxy) is 1. The molecule has 1 atom stereocenters. The Hall–Kier alpha value is -1.39. The Morgan fingerprint density at radius 1 is 1.40 bits per heavy atom. The molecule has 0 aromatic heterocycles. The highest BCUT2D eigenvalue weighted by Crippen LogP contribution is 2.15. The van der Waals surface area contributed by atoms with Gasteiger partial charge < -0.3 is 10.1 Å². The second kappa shape index (κ2) is 7.41. The number of hydrogen-bond acceptors (Lipinski definition) is 4. The molecule has 110 valence electrons. The topological polar surface area (TPSA) is 41.6 Å². The van der Waals surface area contributed by atoms with Crippen LogP contribution >= 0.6 is 0 Å². The van der Waals surface area contributed by atoms with Gasteiger partial charge in [-0.1, -0.05) is 19.1 Å². The standard InChI is InChI=1S/C16H24N2O2/c1-3-18-10-4-5-15(18)12-17-11-13-6-8-14(9-7-13)16(19)20-2/h6-9,15,17H,3-5,10-12H2,1-2H3. The highest BCUT2D eigenvalue weighted by molar-refractivity contribution is 5.89. The molecule has 0 radical (unpaired) electrons. The average molecular weight is 276 g/mol. The molecule has 4 heteroatoms. The summed E-state index contributed by atoms with van der Waals surface area (Å²) >= 11 is 0. The summed E-state index contributed by atoms with van der Waals surface area (Å²) in [5.41, 5.74) is 1.79. The van der Waals surface area contributed by atoms with Crippen molar-refractivity contribution in [2.24, 2.45) is 0 Å². The van der Waals surface area contributed by atoms with Gasteiger partial charge in [0.2, 0.25) is 0 Å². The molecule has 1 aliphatic rings. The van der Waals surface area contributed by atoms with E-state index in [-0.39, 0.29) is 5.97 Å². The molecule has 1 aromatic rings. The number of carbonyl (C=O) groups is 1. The van der Waals surface area contributed by atoms with E-state index in [1.807, 2.05) is 24.3 Å². The summed E-state index contributed by atoms with van der Waals surface area (Å²) in [7, 11) is 1.40. The van der Waals surface area contributed by atoms with E-state index in [1.54, 1.807) is 0 Å². The van der Waals surface area contributed by atoms with Gasteiger partial charge in [-0.25, -0.2) is 4.79 Å². The average Bonchev–Trinajstić information content (AvgIpc) is 2.94. The lowest BCUT2D eigenvalue weighted by Gasteiger charge is -2.23. The van der Waals surface area contributed by atoms with E-state index >= 15 is 0 Å². The molecule has 20 heavy (non-hydrogen) atoms. The van der Waals surface area contributed by atoms with Gasteiger partial charge in [0.1, 0.15) is 0 Å². The smallest absolute Gasteiger partial charge is 0.337 e. The second-order valence-corrected chi connectivity index (χ2v) is 5.24. The van der Waals surface area contributed by atoms with Gasteiger partial charge in [-0.15, -0.1) is 0 Å². The fraction of sp³-hybridized carbons (Fsp3) is 0.562. The van der Waals surface area contributed by atoms with Crippen molar-refractivity contribution < 1.29 is 9.53 Å². The van der Waals surface area contributed by atoms with Crippen LogP contribution in [0.3, 0.4) is 0 Å². The van der Waals surface area contributed by atoms with E-state index in [0.717, 1.165) is 19.6 Å². The molecule has 1 aromatic carbocycles. The molecule has 1 heterocycles. The molecule has 2 rings (SSSR count). The van der Waals surface area contributed by atoms with Gasteiger partial charge in [0.25, 0.3) is 0 Å². The molecule has 0 saturated carbocycles. The van der Waals surface area contributed by atoms with Gasteiger partial charge in [0.05, 0.1) is 12.7 Å². The molecule has 1 fully saturated rings. The molecule has 1 saturated heterocycles. The van der Waals surface area contributed by atoms with Crippen molar-refractivity contribution in [2.75, 3.05) is 26.7 Å². The Kier molecular flexibility index (Phi) is 5.56. The summed E-state index contributed by atoms with van der Waals surface area (Å²) < 4.78 is 4.69. The predicted molar refractivity (Wildman–Crippen MR) is 79.8 cm³/mol. The number of rotatable bonds is 6. The predicted octanol–water partition coefficient (Wildman–Crippen LogP) is 2.05. The first-order valence-electron chi connectivity index (χ1n) is 7.36. The molecule has 0 spiro atoms. The minimum Gasteiger partial charge on any atom is -0.465 e. The minimum atomic E-state index is -0.283. The van der Waals surface area contributed by atoms with E-state index in [9.17, 15) is 4.79 Å². The number of likely N-dealkylation sites (tertiary alicyclic amines) is 1. The summed E-state index contributed by atoms with van der Waals surface area (Å²) in [6, 6.07) is 8.26. The fourth-order valence-corrected chi connectivity index (χ4v) is 2.80. The van der Waals surface area contributed by atoms with Crippen molar-refractivity contribution >= 4 is 5.97 Å². The van der Waals surface area contributed by atoms with Gasteiger partial charge in [-0.05, 0) is 43.6 Å². The number of nitrogens with one attached hydrogen (secondary N) is 1. The van der Waals surface area contributed by atoms with Crippen LogP contribution in [0.2, 0.25) is 0 Å². The molecular formula is C16H24N2O2. The zero-order valence-corrected chi connectivity index (χ0v) is 12.4. The maximum absolute atomic E-state index is 11.3. The minimum absolute atomic E-state index is 0.283. The molecule has 0 aliphatic carbocycles. The zero-order chi connectivity index (χ0) is 14.4. The van der Waals surface area contributed by atoms with Crippen molar-refractivity contribution in [1.29, 1.82) is 0 Å². The highest BCUT2D eigenvalue weighted by atomic mass is 16.5. The lowest BCUT2D eigenvalue weighted by atomic mass is 10.1. The summed E-state index contributed by atoms with van der Waals surface area (Å²) in [6.07, 6.45) is 2.61. The third-order valence-electron chi connectivity index (χ3n) is 3.99. The highest BCUT2D eigenvalue weighted by Gasteiger charge is 2.21. The van der Waals surface area contributed by atoms with Gasteiger partial charge in [-0.2, -0.15) is 0 Å². The Balaban J connectivity index is 1.78. The first kappa shape index (κ1) is 15.0. The van der Waals surface area contributed by atoms with Crippen LogP contribution in [0.4, 0.5) is 0 Å². The van der Waals surface area contributed by atoms with Crippen molar-refractivity contribution in [3.05, 3.63) is 35.4 Å². The number of hydrogen-bond donors (Lipinski definition) is 1. The quantitative estimate of drug-likeness (QED) is 0.807. The van der Waals surface area contributed by atoms with E-state index in [0.29, 0.717) is 11.6 Å². The van der Waals surface area contributed by atoms with Crippen LogP contribution in [-0.4, -0.2) is 43.7 Å². The van der Waals surface area contributed by atoms with E-state index in [2.05, 4.69) is 21.9 Å². The van der Waals surface area contributed by atoms with Crippen molar-refractivity contribution in [1.82, 2.24) is 10.2 Å². The number of esters is 1. The van der Waals surface area contributed by atoms with E-state index in [4.69, 9.17) is 0 Å². The van der Waals surface area contributed by atoms with Gasteiger partial charge >= 0.3 is 5.97 Å². The number of carbonyl (C=O) groups excluding carboxylic acids is 1. The van der Waals surface area contributed by atoms with Gasteiger partial charge in [0, 0.05) is 19.1 Å². The van der Waals surface area contributed by atoms with Crippen molar-refractivity contribution in [3.63, 3.8) is 0 Å². The monoisotopic (exact) mass is 276 g/mol. The van der Waals surface area contributed by atoms with Gasteiger partial charge in [0.15, 0.2) is 0 Å². The van der Waals surface area contributed by atoms with Crippen LogP contribution in [0.15, 0.2) is 24.3 Å². The van der Waals surface area contributed by atoms with Crippen LogP contribution in [0.5, 0.6) is 0 Å². The lowest BCUT2D eigenvalue weighted by molar-refractivity contribution is 0.0600. The third-order valence-corrected chi connectivity index (χ3v) is 3.99. The summed E-state index contributed by atoms with van der Waals surface area (Å²) in [5, 5.41) is 3.51.